The summed E-state index contributed by atoms with van der Waals surface area (Å²) in [7, 11) is 0. The third-order valence-electron chi connectivity index (χ3n) is 21.2. The normalized spacial score (nSPS) is 20.6. The molecule has 520 valence electrons. The van der Waals surface area contributed by atoms with Crippen LogP contribution in [-0.2, 0) is 9.68 Å². The molecule has 0 spiro atoms. The molecule has 21 heteroatoms. The van der Waals surface area contributed by atoms with Crippen molar-refractivity contribution in [2.45, 2.75) is 136 Å². The van der Waals surface area contributed by atoms with Crippen molar-refractivity contribution in [3.63, 3.8) is 0 Å². The van der Waals surface area contributed by atoms with E-state index in [9.17, 15) is 9.59 Å². The molecule has 0 saturated heterocycles. The number of ether oxygens (including phenoxy) is 1. The van der Waals surface area contributed by atoms with Gasteiger partial charge in [-0.25, -0.2) is 38.2 Å². The number of nitrogens with one attached hydrogen (secondary N) is 4. The Labute approximate surface area is 728 Å². The van der Waals surface area contributed by atoms with E-state index < -0.39 is 0 Å². The number of imidazole rings is 3. The van der Waals surface area contributed by atoms with E-state index in [4.69, 9.17) is 29.7 Å². The van der Waals surface area contributed by atoms with E-state index >= 15 is 0 Å². The fourth-order valence-corrected chi connectivity index (χ4v) is 16.9. The largest absolute Gasteiger partial charge is 1.00 e. The zero-order chi connectivity index (χ0) is 69.8. The van der Waals surface area contributed by atoms with Gasteiger partial charge in [0.25, 0.3) is 6.47 Å². The molecular formula is C82H87BrCs2N12O6. The summed E-state index contributed by atoms with van der Waals surface area (Å²) in [6, 6.07) is 61.8. The van der Waals surface area contributed by atoms with Gasteiger partial charge in [-0.15, -0.1) is 0 Å². The minimum Gasteiger partial charge on any atom is -1.00 e. The van der Waals surface area contributed by atoms with Crippen LogP contribution in [0.1, 0.15) is 118 Å². The molecule has 6 aliphatic rings. The summed E-state index contributed by atoms with van der Waals surface area (Å²) in [5.74, 6) is 7.25. The second kappa shape index (κ2) is 34.7. The number of carbonyl (C=O) groups excluding carboxylic acids is 1. The summed E-state index contributed by atoms with van der Waals surface area (Å²) in [6.07, 6.45) is 16.3. The number of anilines is 6. The molecule has 0 radical (unpaired) electrons. The minimum atomic E-state index is -0.196. The SMILES string of the molecule is BrC1CC2CCC1C2.Cc1ccc(Nc2ccc3[nH]c(=O)n(-c4ccc(C)cc4)c3n2)cc1.Cc1ccc(Nc2ccc3c(n2)n(-c2ccc(C)cc2)c(=O)n3C2CC3CCC2C3)cc1.Cc1ccc(Nc2ccc3nc(OC4CC5CCC4C5)n(-c4ccc(C)cc4)c3n2)cc1.O=CO[O-].[Cs+].[Cs+].[H-]. The van der Waals surface area contributed by atoms with Crippen LogP contribution in [0.25, 0.3) is 50.6 Å². The number of alkyl halides is 1. The molecule has 6 bridgehead atoms. The van der Waals surface area contributed by atoms with Crippen LogP contribution < -0.4 is 175 Å². The Kier molecular flexibility index (Phi) is 25.8. The van der Waals surface area contributed by atoms with Crippen LogP contribution in [0.5, 0.6) is 6.01 Å². The zero-order valence-corrected chi connectivity index (χ0v) is 74.1. The molecule has 9 unspecified atom stereocenters. The molecule has 6 saturated carbocycles. The van der Waals surface area contributed by atoms with Crippen molar-refractivity contribution in [3.8, 4) is 23.1 Å². The molecule has 6 aromatic carbocycles. The Hall–Kier alpha value is -6.01. The van der Waals surface area contributed by atoms with E-state index in [0.29, 0.717) is 34.8 Å². The Balaban J connectivity index is 0.000000143. The molecule has 6 aliphatic carbocycles. The molecule has 6 heterocycles. The van der Waals surface area contributed by atoms with Crippen molar-refractivity contribution in [3.05, 3.63) is 236 Å². The van der Waals surface area contributed by atoms with E-state index in [1.807, 2.05) is 109 Å². The number of benzene rings is 6. The van der Waals surface area contributed by atoms with E-state index in [1.165, 1.54) is 92.0 Å². The van der Waals surface area contributed by atoms with Crippen LogP contribution in [0.2, 0.25) is 0 Å². The van der Waals surface area contributed by atoms with Gasteiger partial charge < -0.3 is 37.2 Å². The molecule has 18 nitrogen and oxygen atoms in total. The van der Waals surface area contributed by atoms with E-state index in [2.05, 4.69) is 170 Å². The second-order valence-electron chi connectivity index (χ2n) is 28.6. The number of aryl methyl sites for hydroxylation is 6. The first-order chi connectivity index (χ1) is 49.1. The van der Waals surface area contributed by atoms with Gasteiger partial charge in [-0.1, -0.05) is 135 Å². The van der Waals surface area contributed by atoms with Crippen molar-refractivity contribution < 1.29 is 159 Å². The van der Waals surface area contributed by atoms with Gasteiger partial charge in [0.1, 0.15) is 29.1 Å². The maximum absolute atomic E-state index is 13.8. The molecular weight excluding hydrogens is 1590 g/mol. The Morgan fingerprint density at radius 1 is 0.466 bits per heavy atom. The van der Waals surface area contributed by atoms with Crippen molar-refractivity contribution >= 4 is 90.4 Å². The number of carbonyl (C=O) groups is 1. The number of halogens is 1. The number of pyridine rings is 3. The Bertz CT molecular complexity index is 5010. The minimum absolute atomic E-state index is 0. The van der Waals surface area contributed by atoms with E-state index in [1.54, 1.807) is 9.13 Å². The van der Waals surface area contributed by atoms with Gasteiger partial charge >= 0.3 is 155 Å². The number of hydrogen-bond acceptors (Lipinski definition) is 13. The van der Waals surface area contributed by atoms with Crippen molar-refractivity contribution in [1.29, 1.82) is 0 Å². The average Bonchev–Trinajstić information content (AvgIpc) is 1.58. The molecule has 0 aliphatic heterocycles. The second-order valence-corrected chi connectivity index (χ2v) is 29.7. The van der Waals surface area contributed by atoms with Crippen molar-refractivity contribution in [2.75, 3.05) is 16.0 Å². The van der Waals surface area contributed by atoms with Gasteiger partial charge in [0.15, 0.2) is 16.9 Å². The molecule has 18 rings (SSSR count). The van der Waals surface area contributed by atoms with E-state index in [-0.39, 0.29) is 169 Å². The summed E-state index contributed by atoms with van der Waals surface area (Å²) in [5.41, 5.74) is 17.3. The Morgan fingerprint density at radius 3 is 1.31 bits per heavy atom. The number of hydrogen-bond donors (Lipinski definition) is 4. The van der Waals surface area contributed by atoms with Gasteiger partial charge in [0, 0.05) is 27.9 Å². The average molecular weight is 1680 g/mol. The van der Waals surface area contributed by atoms with Crippen LogP contribution in [0, 0.1) is 77.0 Å². The maximum atomic E-state index is 13.8. The zero-order valence-electron chi connectivity index (χ0n) is 61.0. The monoisotopic (exact) mass is 1680 g/mol. The molecule has 0 amide bonds. The first-order valence-electron chi connectivity index (χ1n) is 35.5. The summed E-state index contributed by atoms with van der Waals surface area (Å²) in [5, 5.41) is 18.5. The van der Waals surface area contributed by atoms with Gasteiger partial charge in [-0.3, -0.25) is 9.36 Å². The molecule has 4 N–H and O–H groups in total. The fraction of sp³-hybridized carbons (Fsp3) is 0.329. The standard InChI is InChI=1S/2C27H28N4O.C20H18N4O.C7H11Br.CH2O3.2Cs.H/c1-17-3-9-21(10-4-17)28-25-14-13-23-26(29-25)30(22-11-5-18(2)6-12-22)27(32)31(23)24-16-19-7-8-20(24)15-19;1-17-3-9-21(10-4-17)28-25-14-13-23-26(30-25)31(22-11-5-18(2)6-12-22)27(29-23)32-24-16-19-7-8-20(24)15-19;1-13-3-7-15(8-4-13)21-18-12-11-17-19(23-18)24(20(25)22-17)16-9-5-14(2)6-10-16;8-7-4-5-1-2-6(7)3-5;2-1-4-3;;;/h3-6,9-14,19-20,24H,7-8,15-16H2,1-2H3,(H,28,29);3-6,9-14,19-20,24H,7-8,15-16H2,1-2H3,(H,28,30);3-12H,1-2H3,(H,21,23)(H,22,25);5-7H,1-4H2;1,3H;;;/q;;;;;2*+1;-1/p-1. The summed E-state index contributed by atoms with van der Waals surface area (Å²) < 4.78 is 14.1. The van der Waals surface area contributed by atoms with Crippen molar-refractivity contribution in [2.24, 2.45) is 35.5 Å². The third-order valence-corrected chi connectivity index (χ3v) is 22.4. The van der Waals surface area contributed by atoms with Crippen LogP contribution in [0.15, 0.2) is 192 Å². The first-order valence-corrected chi connectivity index (χ1v) is 36.4. The quantitative estimate of drug-likeness (QED) is 0.0366. The van der Waals surface area contributed by atoms with Crippen LogP contribution in [-0.4, -0.2) is 60.6 Å². The smallest absolute Gasteiger partial charge is 1.00 e. The summed E-state index contributed by atoms with van der Waals surface area (Å²) >= 11 is 3.70. The fourth-order valence-electron chi connectivity index (χ4n) is 15.9. The number of aromatic amines is 1. The third kappa shape index (κ3) is 18.0. The summed E-state index contributed by atoms with van der Waals surface area (Å²) in [4.78, 5) is 60.6. The van der Waals surface area contributed by atoms with Gasteiger partial charge in [-0.05, 0) is 250 Å². The van der Waals surface area contributed by atoms with Gasteiger partial charge in [0.2, 0.25) is 0 Å². The summed E-state index contributed by atoms with van der Waals surface area (Å²) in [6.45, 7) is 12.2. The van der Waals surface area contributed by atoms with Crippen LogP contribution in [0.3, 0.4) is 0 Å². The number of fused-ring (bicyclic) bond motifs is 9. The predicted molar refractivity (Wildman–Crippen MR) is 404 cm³/mol. The van der Waals surface area contributed by atoms with Crippen LogP contribution in [0.4, 0.5) is 34.5 Å². The van der Waals surface area contributed by atoms with Gasteiger partial charge in [-0.2, -0.15) is 4.98 Å². The van der Waals surface area contributed by atoms with E-state index in [0.717, 1.165) is 115 Å². The number of nitrogens with zero attached hydrogens (tertiary/aromatic N) is 8. The molecule has 6 fully saturated rings. The predicted octanol–water partition coefficient (Wildman–Crippen LogP) is 11.5. The molecule has 9 atom stereocenters. The maximum Gasteiger partial charge on any atom is 1.00 e. The topological polar surface area (TPSA) is 216 Å². The number of aromatic nitrogens is 9. The van der Waals surface area contributed by atoms with Crippen molar-refractivity contribution in [1.82, 2.24) is 43.2 Å². The first kappa shape index (κ1) is 76.6. The Morgan fingerprint density at radius 2 is 0.883 bits per heavy atom. The number of H-pyrrole nitrogens is 1. The molecule has 12 aromatic rings. The van der Waals surface area contributed by atoms with Crippen LogP contribution >= 0.6 is 15.9 Å². The molecule has 6 aromatic heterocycles. The number of rotatable bonds is 13. The van der Waals surface area contributed by atoms with Gasteiger partial charge in [0.05, 0.1) is 28.1 Å². The molecule has 103 heavy (non-hydrogen) atoms.